The lowest BCUT2D eigenvalue weighted by molar-refractivity contribution is -0.117. The molecule has 1 heterocycles. The SMILES string of the molecule is O=C1CCCN1c1cccc(OCC(O)c2ccc(F)cc2)c1. The number of carbonyl (C=O) groups excluding carboxylic acids is 1. The molecule has 23 heavy (non-hydrogen) atoms. The van der Waals surface area contributed by atoms with E-state index < -0.39 is 6.10 Å². The average Bonchev–Trinajstić information content (AvgIpc) is 3.00. The third-order valence-corrected chi connectivity index (χ3v) is 3.87. The van der Waals surface area contributed by atoms with E-state index in [0.29, 0.717) is 17.7 Å². The number of halogens is 1. The van der Waals surface area contributed by atoms with E-state index in [0.717, 1.165) is 18.7 Å². The zero-order valence-electron chi connectivity index (χ0n) is 12.6. The fraction of sp³-hybridized carbons (Fsp3) is 0.278. The van der Waals surface area contributed by atoms with Gasteiger partial charge in [-0.2, -0.15) is 0 Å². The highest BCUT2D eigenvalue weighted by molar-refractivity contribution is 5.95. The van der Waals surface area contributed by atoms with E-state index in [4.69, 9.17) is 4.74 Å². The molecule has 2 aromatic carbocycles. The Kier molecular flexibility index (Phi) is 4.57. The maximum absolute atomic E-state index is 12.9. The van der Waals surface area contributed by atoms with Gasteiger partial charge in [-0.25, -0.2) is 4.39 Å². The number of aliphatic hydroxyl groups is 1. The number of nitrogens with zero attached hydrogens (tertiary/aromatic N) is 1. The van der Waals surface area contributed by atoms with Gasteiger partial charge in [-0.3, -0.25) is 4.79 Å². The molecule has 0 aromatic heterocycles. The molecule has 1 N–H and O–H groups in total. The van der Waals surface area contributed by atoms with Crippen LogP contribution in [-0.2, 0) is 4.79 Å². The van der Waals surface area contributed by atoms with Crippen molar-refractivity contribution in [2.45, 2.75) is 18.9 Å². The van der Waals surface area contributed by atoms with E-state index in [1.165, 1.54) is 24.3 Å². The first kappa shape index (κ1) is 15.5. The van der Waals surface area contributed by atoms with Crippen molar-refractivity contribution in [3.63, 3.8) is 0 Å². The fourth-order valence-electron chi connectivity index (χ4n) is 2.62. The van der Waals surface area contributed by atoms with Crippen LogP contribution in [0.25, 0.3) is 0 Å². The van der Waals surface area contributed by atoms with Crippen molar-refractivity contribution in [1.29, 1.82) is 0 Å². The minimum atomic E-state index is -0.840. The van der Waals surface area contributed by atoms with E-state index in [1.807, 2.05) is 12.1 Å². The highest BCUT2D eigenvalue weighted by Gasteiger charge is 2.21. The molecule has 1 unspecified atom stereocenters. The number of rotatable bonds is 5. The standard InChI is InChI=1S/C18H18FNO3/c19-14-8-6-13(7-9-14)17(21)12-23-16-4-1-3-15(11-16)20-10-2-5-18(20)22/h1,3-4,6-9,11,17,21H,2,5,10,12H2. The number of anilines is 1. The normalized spacial score (nSPS) is 15.7. The van der Waals surface area contributed by atoms with E-state index in [-0.39, 0.29) is 18.3 Å². The van der Waals surface area contributed by atoms with Gasteiger partial charge in [-0.05, 0) is 36.2 Å². The minimum Gasteiger partial charge on any atom is -0.490 e. The third-order valence-electron chi connectivity index (χ3n) is 3.87. The summed E-state index contributed by atoms with van der Waals surface area (Å²) in [7, 11) is 0. The minimum absolute atomic E-state index is 0.0586. The smallest absolute Gasteiger partial charge is 0.227 e. The molecule has 1 aliphatic heterocycles. The first-order chi connectivity index (χ1) is 11.1. The summed E-state index contributed by atoms with van der Waals surface area (Å²) in [6, 6.07) is 12.9. The molecule has 2 aromatic rings. The Morgan fingerprint density at radius 3 is 2.70 bits per heavy atom. The Morgan fingerprint density at radius 1 is 1.22 bits per heavy atom. The molecule has 120 valence electrons. The lowest BCUT2D eigenvalue weighted by Gasteiger charge is -2.17. The molecule has 0 spiro atoms. The number of amides is 1. The van der Waals surface area contributed by atoms with Crippen LogP contribution in [0.3, 0.4) is 0 Å². The van der Waals surface area contributed by atoms with Crippen molar-refractivity contribution in [2.75, 3.05) is 18.1 Å². The summed E-state index contributed by atoms with van der Waals surface area (Å²) >= 11 is 0. The summed E-state index contributed by atoms with van der Waals surface area (Å²) in [4.78, 5) is 13.5. The van der Waals surface area contributed by atoms with Gasteiger partial charge in [-0.1, -0.05) is 18.2 Å². The maximum Gasteiger partial charge on any atom is 0.227 e. The first-order valence-electron chi connectivity index (χ1n) is 7.60. The second kappa shape index (κ2) is 6.79. The molecule has 0 aliphatic carbocycles. The van der Waals surface area contributed by atoms with Crippen LogP contribution in [0.4, 0.5) is 10.1 Å². The topological polar surface area (TPSA) is 49.8 Å². The van der Waals surface area contributed by atoms with Crippen molar-refractivity contribution >= 4 is 11.6 Å². The zero-order chi connectivity index (χ0) is 16.2. The van der Waals surface area contributed by atoms with E-state index in [9.17, 15) is 14.3 Å². The fourth-order valence-corrected chi connectivity index (χ4v) is 2.62. The number of hydrogen-bond donors (Lipinski definition) is 1. The van der Waals surface area contributed by atoms with Crippen LogP contribution in [0.2, 0.25) is 0 Å². The van der Waals surface area contributed by atoms with Gasteiger partial charge < -0.3 is 14.7 Å². The molecule has 0 bridgehead atoms. The van der Waals surface area contributed by atoms with Crippen molar-refractivity contribution in [2.24, 2.45) is 0 Å². The Balaban J connectivity index is 1.64. The van der Waals surface area contributed by atoms with Crippen molar-refractivity contribution in [1.82, 2.24) is 0 Å². The van der Waals surface area contributed by atoms with Gasteiger partial charge in [0.25, 0.3) is 0 Å². The molecular formula is C18H18FNO3. The third kappa shape index (κ3) is 3.68. The van der Waals surface area contributed by atoms with Crippen LogP contribution in [0.5, 0.6) is 5.75 Å². The number of hydrogen-bond acceptors (Lipinski definition) is 3. The number of aliphatic hydroxyl groups excluding tert-OH is 1. The summed E-state index contributed by atoms with van der Waals surface area (Å²) in [5.74, 6) is 0.363. The summed E-state index contributed by atoms with van der Waals surface area (Å²) in [5, 5.41) is 10.1. The maximum atomic E-state index is 12.9. The summed E-state index contributed by atoms with van der Waals surface area (Å²) < 4.78 is 18.5. The molecule has 0 radical (unpaired) electrons. The van der Waals surface area contributed by atoms with E-state index >= 15 is 0 Å². The molecule has 5 heteroatoms. The van der Waals surface area contributed by atoms with Crippen LogP contribution in [0.1, 0.15) is 24.5 Å². The zero-order valence-corrected chi connectivity index (χ0v) is 12.6. The molecule has 1 atom stereocenters. The quantitative estimate of drug-likeness (QED) is 0.922. The molecule has 1 aliphatic rings. The highest BCUT2D eigenvalue weighted by Crippen LogP contribution is 2.26. The van der Waals surface area contributed by atoms with Crippen LogP contribution in [-0.4, -0.2) is 24.2 Å². The average molecular weight is 315 g/mol. The van der Waals surface area contributed by atoms with Crippen molar-refractivity contribution < 1.29 is 19.0 Å². The van der Waals surface area contributed by atoms with Crippen LogP contribution in [0, 0.1) is 5.82 Å². The van der Waals surface area contributed by atoms with Gasteiger partial charge in [0, 0.05) is 24.7 Å². The Labute approximate surface area is 134 Å². The Morgan fingerprint density at radius 2 is 2.00 bits per heavy atom. The number of carbonyl (C=O) groups is 1. The van der Waals surface area contributed by atoms with Gasteiger partial charge in [0.05, 0.1) is 0 Å². The van der Waals surface area contributed by atoms with Gasteiger partial charge in [0.2, 0.25) is 5.91 Å². The number of ether oxygens (including phenoxy) is 1. The predicted octanol–water partition coefficient (Wildman–Crippen LogP) is 3.06. The van der Waals surface area contributed by atoms with Gasteiger partial charge in [0.15, 0.2) is 0 Å². The van der Waals surface area contributed by atoms with Crippen LogP contribution >= 0.6 is 0 Å². The van der Waals surface area contributed by atoms with E-state index in [2.05, 4.69) is 0 Å². The second-order valence-corrected chi connectivity index (χ2v) is 5.52. The highest BCUT2D eigenvalue weighted by atomic mass is 19.1. The van der Waals surface area contributed by atoms with Crippen LogP contribution in [0.15, 0.2) is 48.5 Å². The van der Waals surface area contributed by atoms with Crippen molar-refractivity contribution in [3.05, 3.63) is 59.9 Å². The summed E-state index contributed by atoms with van der Waals surface area (Å²) in [6.07, 6.45) is 0.606. The van der Waals surface area contributed by atoms with Gasteiger partial charge >= 0.3 is 0 Å². The summed E-state index contributed by atoms with van der Waals surface area (Å²) in [5.41, 5.74) is 1.40. The largest absolute Gasteiger partial charge is 0.490 e. The number of benzene rings is 2. The van der Waals surface area contributed by atoms with Gasteiger partial charge in [0.1, 0.15) is 24.3 Å². The van der Waals surface area contributed by atoms with Crippen LogP contribution < -0.4 is 9.64 Å². The van der Waals surface area contributed by atoms with Gasteiger partial charge in [-0.15, -0.1) is 0 Å². The lowest BCUT2D eigenvalue weighted by atomic mass is 10.1. The molecule has 1 fully saturated rings. The Bertz CT molecular complexity index is 687. The van der Waals surface area contributed by atoms with E-state index in [1.54, 1.807) is 17.0 Å². The molecule has 1 saturated heterocycles. The predicted molar refractivity (Wildman–Crippen MR) is 84.9 cm³/mol. The molecule has 3 rings (SSSR count). The first-order valence-corrected chi connectivity index (χ1v) is 7.60. The second-order valence-electron chi connectivity index (χ2n) is 5.52. The monoisotopic (exact) mass is 315 g/mol. The Hall–Kier alpha value is -2.40. The lowest BCUT2D eigenvalue weighted by Crippen LogP contribution is -2.23. The van der Waals surface area contributed by atoms with Crippen molar-refractivity contribution in [3.8, 4) is 5.75 Å². The molecule has 1 amide bonds. The molecular weight excluding hydrogens is 297 g/mol. The summed E-state index contributed by atoms with van der Waals surface area (Å²) in [6.45, 7) is 0.781. The molecule has 0 saturated carbocycles. The molecule has 4 nitrogen and oxygen atoms in total.